The molecule has 7 aromatic carbocycles. The van der Waals surface area contributed by atoms with Crippen molar-refractivity contribution in [2.45, 2.75) is 0 Å². The summed E-state index contributed by atoms with van der Waals surface area (Å²) in [6.07, 6.45) is 0. The van der Waals surface area contributed by atoms with Gasteiger partial charge in [-0.1, -0.05) is 97.1 Å². The van der Waals surface area contributed by atoms with Gasteiger partial charge in [-0.3, -0.25) is 0 Å². The zero-order valence-electron chi connectivity index (χ0n) is 26.6. The van der Waals surface area contributed by atoms with Crippen LogP contribution in [0.15, 0.2) is 133 Å². The van der Waals surface area contributed by atoms with Gasteiger partial charge in [-0.25, -0.2) is 9.97 Å². The van der Waals surface area contributed by atoms with Gasteiger partial charge in [0, 0.05) is 83.2 Å². The summed E-state index contributed by atoms with van der Waals surface area (Å²) < 4.78 is 8.76. The van der Waals surface area contributed by atoms with Crippen molar-refractivity contribution < 1.29 is 0 Å². The van der Waals surface area contributed by atoms with E-state index >= 15 is 0 Å². The molecule has 5 aromatic heterocycles. The number of rotatable bonds is 2. The summed E-state index contributed by atoms with van der Waals surface area (Å²) in [6, 6.07) is 48.6. The molecule has 0 spiro atoms. The Bertz CT molecular complexity index is 3460. The van der Waals surface area contributed by atoms with Crippen LogP contribution >= 0.6 is 45.6 Å². The van der Waals surface area contributed by atoms with E-state index < -0.39 is 0 Å². The molecule has 0 saturated heterocycles. The van der Waals surface area contributed by atoms with Crippen molar-refractivity contribution in [1.82, 2.24) is 14.5 Å². The molecule has 0 unspecified atom stereocenters. The monoisotopic (exact) mass is 723 g/mol. The maximum atomic E-state index is 6.76. The quantitative estimate of drug-likeness (QED) is 0.166. The molecule has 0 aliphatic carbocycles. The van der Waals surface area contributed by atoms with Crippen LogP contribution in [0.1, 0.15) is 0 Å². The Morgan fingerprint density at radius 2 is 1.06 bits per heavy atom. The van der Waals surface area contributed by atoms with E-state index in [-0.39, 0.29) is 5.28 Å². The number of benzene rings is 7. The molecule has 0 bridgehead atoms. The van der Waals surface area contributed by atoms with Crippen molar-refractivity contribution in [1.29, 1.82) is 0 Å². The minimum Gasteiger partial charge on any atom is -0.309 e. The second-order valence-electron chi connectivity index (χ2n) is 13.0. The first-order valence-electron chi connectivity index (χ1n) is 16.8. The average molecular weight is 724 g/mol. The van der Waals surface area contributed by atoms with Crippen LogP contribution in [-0.4, -0.2) is 14.5 Å². The summed E-state index contributed by atoms with van der Waals surface area (Å²) in [4.78, 5) is 10.7. The molecular formula is C44H22ClN3S3. The Morgan fingerprint density at radius 3 is 1.84 bits per heavy atom. The molecule has 3 nitrogen and oxygen atoms in total. The van der Waals surface area contributed by atoms with Gasteiger partial charge in [0.1, 0.15) is 4.83 Å². The van der Waals surface area contributed by atoms with Crippen molar-refractivity contribution in [2.75, 3.05) is 0 Å². The van der Waals surface area contributed by atoms with Crippen LogP contribution in [0, 0.1) is 0 Å². The van der Waals surface area contributed by atoms with Crippen LogP contribution in [0.25, 0.3) is 110 Å². The molecule has 7 heteroatoms. The number of nitrogens with zero attached hydrogens (tertiary/aromatic N) is 3. The van der Waals surface area contributed by atoms with Crippen LogP contribution in [0.2, 0.25) is 5.28 Å². The fourth-order valence-corrected chi connectivity index (χ4v) is 12.1. The van der Waals surface area contributed by atoms with Gasteiger partial charge in [-0.15, -0.1) is 34.0 Å². The number of hydrogen-bond donors (Lipinski definition) is 0. The highest BCUT2D eigenvalue weighted by molar-refractivity contribution is 7.27. The van der Waals surface area contributed by atoms with Gasteiger partial charge in [0.15, 0.2) is 0 Å². The minimum atomic E-state index is 0.263. The van der Waals surface area contributed by atoms with Crippen molar-refractivity contribution in [3.63, 3.8) is 0 Å². The van der Waals surface area contributed by atoms with Crippen LogP contribution in [0.3, 0.4) is 0 Å². The van der Waals surface area contributed by atoms with Gasteiger partial charge in [-0.05, 0) is 53.4 Å². The summed E-state index contributed by atoms with van der Waals surface area (Å²) in [7, 11) is 0. The summed E-state index contributed by atoms with van der Waals surface area (Å²) in [5.41, 5.74) is 5.44. The first-order valence-corrected chi connectivity index (χ1v) is 19.6. The van der Waals surface area contributed by atoms with E-state index in [2.05, 4.69) is 138 Å². The van der Waals surface area contributed by atoms with E-state index in [1.54, 1.807) is 11.3 Å². The average Bonchev–Trinajstić information content (AvgIpc) is 3.93. The molecule has 0 aliphatic heterocycles. The highest BCUT2D eigenvalue weighted by Gasteiger charge is 2.24. The van der Waals surface area contributed by atoms with Crippen molar-refractivity contribution in [3.8, 4) is 16.9 Å². The fraction of sp³-hybridized carbons (Fsp3) is 0. The molecule has 0 N–H and O–H groups in total. The second-order valence-corrected chi connectivity index (χ2v) is 16.5. The third-order valence-electron chi connectivity index (χ3n) is 10.3. The maximum Gasteiger partial charge on any atom is 0.224 e. The van der Waals surface area contributed by atoms with Gasteiger partial charge in [0.2, 0.25) is 5.28 Å². The second kappa shape index (κ2) is 10.3. The summed E-state index contributed by atoms with van der Waals surface area (Å²) >= 11 is 12.1. The number of para-hydroxylation sites is 1. The van der Waals surface area contributed by atoms with E-state index in [9.17, 15) is 0 Å². The van der Waals surface area contributed by atoms with Crippen LogP contribution in [-0.2, 0) is 0 Å². The molecule has 0 atom stereocenters. The van der Waals surface area contributed by atoms with Crippen molar-refractivity contribution in [3.05, 3.63) is 139 Å². The molecule has 51 heavy (non-hydrogen) atoms. The van der Waals surface area contributed by atoms with E-state index in [4.69, 9.17) is 21.6 Å². The van der Waals surface area contributed by atoms with Gasteiger partial charge >= 0.3 is 0 Å². The van der Waals surface area contributed by atoms with Gasteiger partial charge < -0.3 is 4.57 Å². The zero-order chi connectivity index (χ0) is 33.4. The van der Waals surface area contributed by atoms with Crippen LogP contribution in [0.5, 0.6) is 0 Å². The Kier molecular flexibility index (Phi) is 5.75. The zero-order valence-corrected chi connectivity index (χ0v) is 29.9. The Hall–Kier alpha value is -5.37. The molecule has 0 fully saturated rings. The molecule has 0 saturated carbocycles. The number of thiophene rings is 3. The highest BCUT2D eigenvalue weighted by atomic mass is 35.5. The van der Waals surface area contributed by atoms with Gasteiger partial charge in [0.05, 0.1) is 16.7 Å². The molecule has 0 amide bonds. The molecular weight excluding hydrogens is 702 g/mol. The van der Waals surface area contributed by atoms with Crippen molar-refractivity contribution in [2.24, 2.45) is 0 Å². The van der Waals surface area contributed by atoms with Crippen LogP contribution < -0.4 is 0 Å². The topological polar surface area (TPSA) is 30.7 Å². The lowest BCUT2D eigenvalue weighted by molar-refractivity contribution is 1.19. The summed E-state index contributed by atoms with van der Waals surface area (Å²) in [5, 5.41) is 12.6. The smallest absolute Gasteiger partial charge is 0.224 e. The summed E-state index contributed by atoms with van der Waals surface area (Å²) in [5.74, 6) is 0. The summed E-state index contributed by atoms with van der Waals surface area (Å²) in [6.45, 7) is 0. The van der Waals surface area contributed by atoms with E-state index in [0.717, 1.165) is 32.5 Å². The van der Waals surface area contributed by atoms with Gasteiger partial charge in [0.25, 0.3) is 0 Å². The predicted octanol–water partition coefficient (Wildman–Crippen LogP) is 14.2. The number of hydrogen-bond acceptors (Lipinski definition) is 5. The Balaban J connectivity index is 1.30. The lowest BCUT2D eigenvalue weighted by Crippen LogP contribution is -1.97. The number of halogens is 1. The molecule has 0 radical (unpaired) electrons. The molecule has 12 rings (SSSR count). The predicted molar refractivity (Wildman–Crippen MR) is 223 cm³/mol. The van der Waals surface area contributed by atoms with Crippen LogP contribution in [0.4, 0.5) is 0 Å². The normalized spacial score (nSPS) is 12.4. The molecule has 5 heterocycles. The Labute approximate surface area is 307 Å². The lowest BCUT2D eigenvalue weighted by atomic mass is 9.99. The maximum absolute atomic E-state index is 6.76. The number of aromatic nitrogens is 3. The van der Waals surface area contributed by atoms with Gasteiger partial charge in [-0.2, -0.15) is 0 Å². The molecule has 238 valence electrons. The first-order chi connectivity index (χ1) is 25.2. The minimum absolute atomic E-state index is 0.263. The molecule has 0 aliphatic rings. The SMILES string of the molecule is Clc1nc(-c2cc(-n3c4ccccc4c4c5sc6ccccc6c5c5ccccc5c43)cc3c2sc2ccccc23)c2c(n1)sc1ccccc12. The van der Waals surface area contributed by atoms with E-state index in [1.165, 1.54) is 77.6 Å². The number of fused-ring (bicyclic) bond motifs is 16. The third-order valence-corrected chi connectivity index (χ3v) is 14.0. The molecule has 12 aromatic rings. The first kappa shape index (κ1) is 28.3. The highest BCUT2D eigenvalue weighted by Crippen LogP contribution is 2.50. The lowest BCUT2D eigenvalue weighted by Gasteiger charge is -2.14. The third kappa shape index (κ3) is 3.82. The Morgan fingerprint density at radius 1 is 0.471 bits per heavy atom. The largest absolute Gasteiger partial charge is 0.309 e. The van der Waals surface area contributed by atoms with Crippen molar-refractivity contribution >= 4 is 139 Å². The standard InChI is InChI=1S/C44H22ClN3S3/c45-44-46-39(37-29-16-6-10-20-35(29)51-43(37)47-44)31-22-23(21-30-24-11-4-8-18-33(24)49-41(30)31)48-32-17-7-3-14-27(32)38-40(48)26-13-2-1-12-25(26)36-28-15-5-9-19-34(28)50-42(36)38/h1-22H. The van der Waals surface area contributed by atoms with E-state index in [1.807, 2.05) is 22.7 Å². The fourth-order valence-electron chi connectivity index (χ4n) is 8.30. The van der Waals surface area contributed by atoms with E-state index in [0.29, 0.717) is 0 Å².